The van der Waals surface area contributed by atoms with Gasteiger partial charge in [-0.05, 0) is 113 Å². The van der Waals surface area contributed by atoms with Crippen LogP contribution in [0.2, 0.25) is 0 Å². The summed E-state index contributed by atoms with van der Waals surface area (Å²) in [5, 5.41) is 12.1. The molecule has 2 nitrogen and oxygen atoms in total. The molecule has 0 atom stereocenters. The van der Waals surface area contributed by atoms with Crippen molar-refractivity contribution in [2.45, 2.75) is 19.3 Å². The molecule has 57 heavy (non-hydrogen) atoms. The van der Waals surface area contributed by atoms with Crippen LogP contribution in [0.4, 0.5) is 17.1 Å². The van der Waals surface area contributed by atoms with Crippen molar-refractivity contribution in [1.29, 1.82) is 0 Å². The molecule has 0 N–H and O–H groups in total. The van der Waals surface area contributed by atoms with Crippen LogP contribution in [0.25, 0.3) is 87.3 Å². The Bertz CT molecular complexity index is 3410. The molecule has 0 spiro atoms. The van der Waals surface area contributed by atoms with E-state index in [-0.39, 0.29) is 5.41 Å². The Morgan fingerprint density at radius 2 is 1.02 bits per heavy atom. The third-order valence-electron chi connectivity index (χ3n) is 12.6. The maximum Gasteiger partial charge on any atom is 0.143 e. The first kappa shape index (κ1) is 32.1. The normalized spacial score (nSPS) is 13.2. The lowest BCUT2D eigenvalue weighted by Gasteiger charge is -2.29. The molecule has 0 amide bonds. The number of fused-ring (bicyclic) bond motifs is 13. The Balaban J connectivity index is 1.18. The molecule has 12 rings (SSSR count). The van der Waals surface area contributed by atoms with Gasteiger partial charge in [0.25, 0.3) is 0 Å². The van der Waals surface area contributed by atoms with E-state index >= 15 is 0 Å². The summed E-state index contributed by atoms with van der Waals surface area (Å²) in [6.45, 7) is 4.72. The number of rotatable bonds is 4. The third kappa shape index (κ3) is 4.59. The Morgan fingerprint density at radius 3 is 1.79 bits per heavy atom. The van der Waals surface area contributed by atoms with Crippen LogP contribution in [0.1, 0.15) is 25.0 Å². The lowest BCUT2D eigenvalue weighted by molar-refractivity contribution is 0.660. The largest absolute Gasteiger partial charge is 0.455 e. The van der Waals surface area contributed by atoms with E-state index in [4.69, 9.17) is 4.42 Å². The third-order valence-corrected chi connectivity index (χ3v) is 12.6. The molecule has 0 fully saturated rings. The van der Waals surface area contributed by atoms with Gasteiger partial charge in [0.1, 0.15) is 11.2 Å². The van der Waals surface area contributed by atoms with Crippen molar-refractivity contribution in [2.75, 3.05) is 4.90 Å². The summed E-state index contributed by atoms with van der Waals surface area (Å²) in [4.78, 5) is 2.47. The van der Waals surface area contributed by atoms with E-state index < -0.39 is 0 Å². The lowest BCUT2D eigenvalue weighted by Crippen LogP contribution is -2.16. The van der Waals surface area contributed by atoms with Gasteiger partial charge >= 0.3 is 0 Å². The highest BCUT2D eigenvalue weighted by Crippen LogP contribution is 2.52. The van der Waals surface area contributed by atoms with Gasteiger partial charge in [0.15, 0.2) is 0 Å². The lowest BCUT2D eigenvalue weighted by atomic mass is 9.82. The highest BCUT2D eigenvalue weighted by Gasteiger charge is 2.36. The molecule has 10 aromatic carbocycles. The Hall–Kier alpha value is -7.16. The van der Waals surface area contributed by atoms with Gasteiger partial charge in [-0.25, -0.2) is 0 Å². The van der Waals surface area contributed by atoms with E-state index in [0.29, 0.717) is 0 Å². The second-order valence-corrected chi connectivity index (χ2v) is 16.0. The average molecular weight is 728 g/mol. The number of nitrogens with zero attached hydrogens (tertiary/aromatic N) is 1. The van der Waals surface area contributed by atoms with Crippen LogP contribution >= 0.6 is 0 Å². The molecule has 0 radical (unpaired) electrons. The molecule has 268 valence electrons. The van der Waals surface area contributed by atoms with E-state index in [0.717, 1.165) is 50.1 Å². The van der Waals surface area contributed by atoms with Crippen molar-refractivity contribution in [3.05, 3.63) is 199 Å². The van der Waals surface area contributed by atoms with Crippen LogP contribution in [0.3, 0.4) is 0 Å². The molecule has 1 heterocycles. The molecule has 1 aliphatic rings. The first-order valence-corrected chi connectivity index (χ1v) is 19.8. The molecular formula is C55H37NO. The minimum atomic E-state index is -0.149. The monoisotopic (exact) mass is 727 g/mol. The minimum absolute atomic E-state index is 0.149. The summed E-state index contributed by atoms with van der Waals surface area (Å²) >= 11 is 0. The molecule has 0 saturated heterocycles. The van der Waals surface area contributed by atoms with Crippen LogP contribution in [-0.4, -0.2) is 0 Å². The number of hydrogen-bond acceptors (Lipinski definition) is 2. The number of anilines is 3. The van der Waals surface area contributed by atoms with Crippen molar-refractivity contribution >= 4 is 82.1 Å². The van der Waals surface area contributed by atoms with E-state index in [1.807, 2.05) is 0 Å². The second-order valence-electron chi connectivity index (χ2n) is 16.0. The zero-order chi connectivity index (χ0) is 37.8. The average Bonchev–Trinajstić information content (AvgIpc) is 3.75. The van der Waals surface area contributed by atoms with E-state index in [1.165, 1.54) is 65.3 Å². The van der Waals surface area contributed by atoms with Crippen molar-refractivity contribution < 1.29 is 4.42 Å². The standard InChI is InChI=1S/C55H37NO/c1-55(2)48-24-13-12-23-44(48)45-30-28-37(33-49(45)55)56(36-27-29-43-41-21-9-8-19-39(41)40-20-10-11-22-42(40)46(43)32-36)50-25-14-26-51-53(50)47-31-35-17-6-7-18-38(35)52(54(47)57-51)34-15-4-3-5-16-34/h3-33H,1-2H3. The van der Waals surface area contributed by atoms with Crippen LogP contribution < -0.4 is 4.90 Å². The highest BCUT2D eigenvalue weighted by molar-refractivity contribution is 6.26. The summed E-state index contributed by atoms with van der Waals surface area (Å²) in [6.07, 6.45) is 0. The molecule has 11 aromatic rings. The number of benzene rings is 10. The summed E-state index contributed by atoms with van der Waals surface area (Å²) in [6, 6.07) is 68.9. The summed E-state index contributed by atoms with van der Waals surface area (Å²) in [5.41, 5.74) is 12.5. The van der Waals surface area contributed by atoms with Gasteiger partial charge in [0.2, 0.25) is 0 Å². The van der Waals surface area contributed by atoms with Gasteiger partial charge in [-0.1, -0.05) is 159 Å². The van der Waals surface area contributed by atoms with Gasteiger partial charge in [-0.15, -0.1) is 0 Å². The van der Waals surface area contributed by atoms with Crippen LogP contribution in [-0.2, 0) is 5.41 Å². The van der Waals surface area contributed by atoms with E-state index in [1.54, 1.807) is 0 Å². The quantitative estimate of drug-likeness (QED) is 0.168. The van der Waals surface area contributed by atoms with E-state index in [9.17, 15) is 0 Å². The van der Waals surface area contributed by atoms with E-state index in [2.05, 4.69) is 207 Å². The Labute approximate surface area is 330 Å². The Morgan fingerprint density at radius 1 is 0.421 bits per heavy atom. The maximum absolute atomic E-state index is 7.01. The number of hydrogen-bond donors (Lipinski definition) is 0. The van der Waals surface area contributed by atoms with Crippen molar-refractivity contribution in [3.8, 4) is 22.3 Å². The predicted molar refractivity (Wildman–Crippen MR) is 241 cm³/mol. The van der Waals surface area contributed by atoms with Gasteiger partial charge in [-0.3, -0.25) is 0 Å². The molecule has 0 unspecified atom stereocenters. The summed E-state index contributed by atoms with van der Waals surface area (Å²) < 4.78 is 7.01. The smallest absolute Gasteiger partial charge is 0.143 e. The predicted octanol–water partition coefficient (Wildman–Crippen LogP) is 15.6. The minimum Gasteiger partial charge on any atom is -0.455 e. The Kier molecular flexibility index (Phi) is 6.72. The molecule has 2 heteroatoms. The summed E-state index contributed by atoms with van der Waals surface area (Å²) in [5.74, 6) is 0. The van der Waals surface area contributed by atoms with Crippen LogP contribution in [0, 0.1) is 0 Å². The fourth-order valence-electron chi connectivity index (χ4n) is 9.98. The van der Waals surface area contributed by atoms with Crippen LogP contribution in [0.15, 0.2) is 192 Å². The summed E-state index contributed by atoms with van der Waals surface area (Å²) in [7, 11) is 0. The van der Waals surface area contributed by atoms with Crippen molar-refractivity contribution in [1.82, 2.24) is 0 Å². The van der Waals surface area contributed by atoms with Crippen LogP contribution in [0.5, 0.6) is 0 Å². The zero-order valence-corrected chi connectivity index (χ0v) is 31.8. The highest BCUT2D eigenvalue weighted by atomic mass is 16.3. The zero-order valence-electron chi connectivity index (χ0n) is 31.8. The van der Waals surface area contributed by atoms with Gasteiger partial charge in [0, 0.05) is 27.7 Å². The molecule has 0 saturated carbocycles. The van der Waals surface area contributed by atoms with Crippen molar-refractivity contribution in [2.24, 2.45) is 0 Å². The SMILES string of the molecule is CC1(C)c2ccccc2-c2ccc(N(c3ccc4c5ccccc5c5ccccc5c4c3)c3cccc4oc5c(-c6ccccc6)c6ccccc6cc5c34)cc21. The fraction of sp³-hybridized carbons (Fsp3) is 0.0545. The number of furan rings is 1. The molecule has 1 aliphatic carbocycles. The van der Waals surface area contributed by atoms with Gasteiger partial charge in [0.05, 0.1) is 11.1 Å². The molecule has 0 aliphatic heterocycles. The van der Waals surface area contributed by atoms with Crippen molar-refractivity contribution in [3.63, 3.8) is 0 Å². The van der Waals surface area contributed by atoms with Gasteiger partial charge in [-0.2, -0.15) is 0 Å². The molecule has 0 bridgehead atoms. The molecular weight excluding hydrogens is 691 g/mol. The maximum atomic E-state index is 7.01. The first-order valence-electron chi connectivity index (χ1n) is 19.8. The fourth-order valence-corrected chi connectivity index (χ4v) is 9.98. The molecule has 1 aromatic heterocycles. The van der Waals surface area contributed by atoms with Gasteiger partial charge < -0.3 is 9.32 Å². The topological polar surface area (TPSA) is 16.4 Å². The first-order chi connectivity index (χ1) is 28.0. The second kappa shape index (κ2) is 11.9.